The lowest BCUT2D eigenvalue weighted by Gasteiger charge is -2.20. The van der Waals surface area contributed by atoms with Crippen LogP contribution >= 0.6 is 0 Å². The van der Waals surface area contributed by atoms with Crippen molar-refractivity contribution in [1.82, 2.24) is 21.3 Å². The van der Waals surface area contributed by atoms with Crippen molar-refractivity contribution in [3.8, 4) is 0 Å². The van der Waals surface area contributed by atoms with Gasteiger partial charge >= 0.3 is 5.97 Å². The third-order valence-electron chi connectivity index (χ3n) is 4.05. The number of ether oxygens (including phenoxy) is 1. The van der Waals surface area contributed by atoms with E-state index in [0.29, 0.717) is 30.1 Å². The van der Waals surface area contributed by atoms with Crippen LogP contribution in [-0.2, 0) is 9.53 Å². The molecule has 0 aromatic heterocycles. The Kier molecular flexibility index (Phi) is 8.58. The lowest BCUT2D eigenvalue weighted by Crippen LogP contribution is -2.47. The van der Waals surface area contributed by atoms with E-state index in [4.69, 9.17) is 9.73 Å². The van der Waals surface area contributed by atoms with E-state index in [9.17, 15) is 9.59 Å². The van der Waals surface area contributed by atoms with Gasteiger partial charge in [-0.1, -0.05) is 25.5 Å². The number of unbranched alkanes of at least 4 members (excludes halogenated alkanes) is 1. The van der Waals surface area contributed by atoms with Crippen molar-refractivity contribution < 1.29 is 14.3 Å². The van der Waals surface area contributed by atoms with Crippen LogP contribution in [-0.4, -0.2) is 50.4 Å². The second kappa shape index (κ2) is 11.4. The van der Waals surface area contributed by atoms with Gasteiger partial charge in [0.1, 0.15) is 6.34 Å². The first-order chi connectivity index (χ1) is 14.1. The Bertz CT molecular complexity index is 827. The fourth-order valence-corrected chi connectivity index (χ4v) is 2.55. The highest BCUT2D eigenvalue weighted by molar-refractivity contribution is 6.24. The number of hydrazine groups is 2. The normalized spacial score (nSPS) is 15.4. The molecule has 0 radical (unpaired) electrons. The molecular weight excluding hydrogens is 372 g/mol. The van der Waals surface area contributed by atoms with Gasteiger partial charge in [-0.15, -0.1) is 0 Å². The number of nitrogens with zero attached hydrogens (tertiary/aromatic N) is 3. The quantitative estimate of drug-likeness (QED) is 0.332. The molecule has 0 aliphatic carbocycles. The molecule has 0 fully saturated rings. The molecule has 1 aliphatic rings. The fraction of sp³-hybridized carbons (Fsp3) is 0.300. The van der Waals surface area contributed by atoms with Crippen LogP contribution in [0.5, 0.6) is 0 Å². The summed E-state index contributed by atoms with van der Waals surface area (Å²) < 4.78 is 4.77. The summed E-state index contributed by atoms with van der Waals surface area (Å²) in [6.07, 6.45) is 7.30. The SMILES string of the molecule is CCCCN=C1NN(NC)C=NC(/C=C\NC=O)=C1c1ccc(C(=O)OC)cc1. The third-order valence-corrected chi connectivity index (χ3v) is 4.05. The Morgan fingerprint density at radius 3 is 2.72 bits per heavy atom. The Morgan fingerprint density at radius 2 is 2.10 bits per heavy atom. The van der Waals surface area contributed by atoms with Gasteiger partial charge in [0.15, 0.2) is 5.84 Å². The molecule has 0 saturated carbocycles. The zero-order chi connectivity index (χ0) is 21.1. The third kappa shape index (κ3) is 6.01. The molecule has 0 unspecified atom stereocenters. The van der Waals surface area contributed by atoms with Gasteiger partial charge in [-0.25, -0.2) is 20.3 Å². The van der Waals surface area contributed by atoms with Crippen molar-refractivity contribution in [3.63, 3.8) is 0 Å². The molecule has 0 atom stereocenters. The van der Waals surface area contributed by atoms with Crippen LogP contribution < -0.4 is 16.2 Å². The molecule has 0 saturated heterocycles. The van der Waals surface area contributed by atoms with Gasteiger partial charge in [-0.3, -0.25) is 15.2 Å². The monoisotopic (exact) mass is 398 g/mol. The number of amides is 1. The number of allylic oxidation sites excluding steroid dienone is 1. The van der Waals surface area contributed by atoms with Gasteiger partial charge in [-0.2, -0.15) is 0 Å². The van der Waals surface area contributed by atoms with Gasteiger partial charge in [0, 0.05) is 19.8 Å². The number of carbonyl (C=O) groups excluding carboxylic acids is 2. The van der Waals surface area contributed by atoms with Crippen molar-refractivity contribution in [2.75, 3.05) is 20.7 Å². The minimum atomic E-state index is -0.406. The molecule has 9 nitrogen and oxygen atoms in total. The molecule has 2 rings (SSSR count). The number of amidine groups is 1. The van der Waals surface area contributed by atoms with E-state index in [2.05, 4.69) is 28.1 Å². The molecule has 1 aliphatic heterocycles. The minimum absolute atomic E-state index is 0.406. The first-order valence-electron chi connectivity index (χ1n) is 9.26. The molecule has 1 heterocycles. The van der Waals surface area contributed by atoms with Crippen molar-refractivity contribution >= 4 is 30.1 Å². The summed E-state index contributed by atoms with van der Waals surface area (Å²) in [5.41, 5.74) is 8.73. The average Bonchev–Trinajstić information content (AvgIpc) is 2.93. The van der Waals surface area contributed by atoms with E-state index in [-0.39, 0.29) is 0 Å². The van der Waals surface area contributed by atoms with Crippen LogP contribution in [0.1, 0.15) is 35.7 Å². The first-order valence-corrected chi connectivity index (χ1v) is 9.26. The number of carbonyl (C=O) groups is 2. The van der Waals surface area contributed by atoms with Crippen LogP contribution in [0.2, 0.25) is 0 Å². The Hall–Kier alpha value is -3.46. The average molecular weight is 398 g/mol. The highest BCUT2D eigenvalue weighted by Crippen LogP contribution is 2.24. The zero-order valence-corrected chi connectivity index (χ0v) is 16.8. The summed E-state index contributed by atoms with van der Waals surface area (Å²) in [4.78, 5) is 31.6. The van der Waals surface area contributed by atoms with Gasteiger partial charge in [0.2, 0.25) is 6.41 Å². The van der Waals surface area contributed by atoms with E-state index in [1.165, 1.54) is 13.3 Å². The molecule has 1 amide bonds. The van der Waals surface area contributed by atoms with Crippen LogP contribution in [0.3, 0.4) is 0 Å². The maximum Gasteiger partial charge on any atom is 0.337 e. The van der Waals surface area contributed by atoms with Crippen LogP contribution in [0.25, 0.3) is 5.57 Å². The first kappa shape index (κ1) is 21.8. The van der Waals surface area contributed by atoms with Crippen LogP contribution in [0.4, 0.5) is 0 Å². The molecule has 1 aromatic carbocycles. The minimum Gasteiger partial charge on any atom is -0.465 e. The largest absolute Gasteiger partial charge is 0.465 e. The summed E-state index contributed by atoms with van der Waals surface area (Å²) in [6.45, 7) is 2.75. The Morgan fingerprint density at radius 1 is 1.34 bits per heavy atom. The highest BCUT2D eigenvalue weighted by atomic mass is 16.5. The summed E-state index contributed by atoms with van der Waals surface area (Å²) in [7, 11) is 3.10. The predicted octanol–water partition coefficient (Wildman–Crippen LogP) is 1.63. The molecular formula is C20H26N6O3. The van der Waals surface area contributed by atoms with Crippen molar-refractivity contribution in [1.29, 1.82) is 0 Å². The van der Waals surface area contributed by atoms with Crippen LogP contribution in [0, 0.1) is 0 Å². The number of hydrogen-bond acceptors (Lipinski definition) is 7. The lowest BCUT2D eigenvalue weighted by molar-refractivity contribution is -0.108. The maximum absolute atomic E-state index is 11.8. The zero-order valence-electron chi connectivity index (χ0n) is 16.8. The molecule has 29 heavy (non-hydrogen) atoms. The van der Waals surface area contributed by atoms with Crippen LogP contribution in [0.15, 0.2) is 52.2 Å². The van der Waals surface area contributed by atoms with E-state index in [1.54, 1.807) is 36.7 Å². The van der Waals surface area contributed by atoms with Gasteiger partial charge < -0.3 is 10.1 Å². The van der Waals surface area contributed by atoms with Gasteiger partial charge in [0.25, 0.3) is 0 Å². The molecule has 0 bridgehead atoms. The number of esters is 1. The second-order valence-corrected chi connectivity index (χ2v) is 5.98. The second-order valence-electron chi connectivity index (χ2n) is 5.98. The lowest BCUT2D eigenvalue weighted by atomic mass is 10.0. The molecule has 1 aromatic rings. The Labute approximate surface area is 170 Å². The number of benzene rings is 1. The fourth-order valence-electron chi connectivity index (χ4n) is 2.55. The predicted molar refractivity (Wildman–Crippen MR) is 113 cm³/mol. The van der Waals surface area contributed by atoms with Gasteiger partial charge in [-0.05, 0) is 30.2 Å². The Balaban J connectivity index is 2.56. The van der Waals surface area contributed by atoms with E-state index >= 15 is 0 Å². The highest BCUT2D eigenvalue weighted by Gasteiger charge is 2.19. The van der Waals surface area contributed by atoms with E-state index < -0.39 is 5.97 Å². The smallest absolute Gasteiger partial charge is 0.337 e. The molecule has 3 N–H and O–H groups in total. The number of hydrogen-bond donors (Lipinski definition) is 3. The standard InChI is InChI=1S/C20H26N6O3/c1-4-5-11-23-19-18(15-6-8-16(9-7-15)20(28)29-3)17(10-12-22-14-27)24-13-26(21-2)25-19/h6-10,12-14,21H,4-5,11H2,1-3H3,(H,22,27)(H,23,25)/b12-10-. The van der Waals surface area contributed by atoms with Crippen molar-refractivity contribution in [2.45, 2.75) is 19.8 Å². The summed E-state index contributed by atoms with van der Waals surface area (Å²) in [5, 5.41) is 4.08. The van der Waals surface area contributed by atoms with Gasteiger partial charge in [0.05, 0.1) is 23.9 Å². The topological polar surface area (TPSA) is 107 Å². The number of aliphatic imine (C=N–C) groups is 2. The molecule has 0 spiro atoms. The maximum atomic E-state index is 11.8. The van der Waals surface area contributed by atoms with Crippen molar-refractivity contribution in [3.05, 3.63) is 53.4 Å². The number of rotatable bonds is 9. The van der Waals surface area contributed by atoms with E-state index in [1.807, 2.05) is 12.1 Å². The number of nitrogens with one attached hydrogen (secondary N) is 3. The molecule has 9 heteroatoms. The summed E-state index contributed by atoms with van der Waals surface area (Å²) >= 11 is 0. The summed E-state index contributed by atoms with van der Waals surface area (Å²) in [6, 6.07) is 6.99. The summed E-state index contributed by atoms with van der Waals surface area (Å²) in [5.74, 6) is 0.206. The van der Waals surface area contributed by atoms with Crippen molar-refractivity contribution in [2.24, 2.45) is 9.98 Å². The number of methoxy groups -OCH3 is 1. The molecule has 154 valence electrons. The van der Waals surface area contributed by atoms with E-state index in [0.717, 1.165) is 24.0 Å².